The maximum absolute atomic E-state index is 12.4. The Labute approximate surface area is 163 Å². The lowest BCUT2D eigenvalue weighted by atomic mass is 9.99. The first-order valence-electron chi connectivity index (χ1n) is 8.05. The summed E-state index contributed by atoms with van der Waals surface area (Å²) in [6.07, 6.45) is -3.95. The van der Waals surface area contributed by atoms with E-state index in [1.165, 1.54) is 12.3 Å². The Bertz CT molecular complexity index is 919. The largest absolute Gasteiger partial charge is 0.490 e. The predicted octanol–water partition coefficient (Wildman–Crippen LogP) is 3.61. The third kappa shape index (κ3) is 5.35. The maximum atomic E-state index is 12.4. The van der Waals surface area contributed by atoms with E-state index < -0.39 is 12.6 Å². The molecule has 0 fully saturated rings. The van der Waals surface area contributed by atoms with Crippen LogP contribution in [0, 0.1) is 29.6 Å². The molecule has 0 saturated carbocycles. The van der Waals surface area contributed by atoms with E-state index in [2.05, 4.69) is 9.97 Å². The van der Waals surface area contributed by atoms with Gasteiger partial charge in [0.25, 0.3) is 0 Å². The van der Waals surface area contributed by atoms with Crippen LogP contribution in [0.4, 0.5) is 13.2 Å². The van der Waals surface area contributed by atoms with Gasteiger partial charge < -0.3 is 9.84 Å². The molecule has 2 aromatic heterocycles. The zero-order valence-electron chi connectivity index (χ0n) is 14.7. The molecule has 0 aliphatic heterocycles. The Morgan fingerprint density at radius 1 is 1.21 bits per heavy atom. The van der Waals surface area contributed by atoms with Crippen LogP contribution in [0.5, 0.6) is 5.75 Å². The number of alkyl halides is 3. The van der Waals surface area contributed by atoms with Crippen molar-refractivity contribution in [1.29, 1.82) is 10.5 Å². The van der Waals surface area contributed by atoms with Crippen LogP contribution in [-0.2, 0) is 0 Å². The van der Waals surface area contributed by atoms with Gasteiger partial charge >= 0.3 is 6.18 Å². The number of aliphatic hydroxyl groups excluding tert-OH is 1. The highest BCUT2D eigenvalue weighted by Gasteiger charge is 2.27. The molecule has 0 unspecified atom stereocenters. The molecular formula is C18H15F3N4O2S. The number of aromatic nitrogens is 2. The summed E-state index contributed by atoms with van der Waals surface area (Å²) < 4.78 is 42.5. The number of aryl methyl sites for hydroxylation is 1. The fourth-order valence-corrected chi connectivity index (χ4v) is 3.34. The lowest BCUT2D eigenvalue weighted by Crippen LogP contribution is -2.09. The summed E-state index contributed by atoms with van der Waals surface area (Å²) >= 11 is 0.812. The molecule has 0 amide bonds. The Kier molecular flexibility index (Phi) is 7.21. The molecule has 0 atom stereocenters. The Morgan fingerprint density at radius 3 is 2.46 bits per heavy atom. The number of ether oxygens (including phenoxy) is 1. The Hall–Kier alpha value is -2.82. The monoisotopic (exact) mass is 408 g/mol. The normalized spacial score (nSPS) is 11.0. The average Bonchev–Trinajstić information content (AvgIpc) is 2.65. The molecule has 0 spiro atoms. The lowest BCUT2D eigenvalue weighted by Gasteiger charge is -2.13. The van der Waals surface area contributed by atoms with Gasteiger partial charge in [-0.3, -0.25) is 4.98 Å². The van der Waals surface area contributed by atoms with E-state index in [-0.39, 0.29) is 40.7 Å². The summed E-state index contributed by atoms with van der Waals surface area (Å²) in [6.45, 7) is 1.47. The van der Waals surface area contributed by atoms with E-state index in [0.29, 0.717) is 17.1 Å². The molecule has 10 heteroatoms. The molecule has 0 aliphatic carbocycles. The molecule has 1 N–H and O–H groups in total. The summed E-state index contributed by atoms with van der Waals surface area (Å²) in [4.78, 5) is 8.34. The minimum Gasteiger partial charge on any atom is -0.490 e. The van der Waals surface area contributed by atoms with Crippen molar-refractivity contribution in [2.24, 2.45) is 0 Å². The van der Waals surface area contributed by atoms with Crippen molar-refractivity contribution in [2.75, 3.05) is 19.0 Å². The zero-order valence-corrected chi connectivity index (χ0v) is 15.6. The Balaban J connectivity index is 2.47. The van der Waals surface area contributed by atoms with E-state index in [1.54, 1.807) is 13.0 Å². The molecule has 2 heterocycles. The van der Waals surface area contributed by atoms with Crippen molar-refractivity contribution < 1.29 is 23.0 Å². The highest BCUT2D eigenvalue weighted by Crippen LogP contribution is 2.35. The molecule has 146 valence electrons. The average molecular weight is 408 g/mol. The fourth-order valence-electron chi connectivity index (χ4n) is 2.32. The third-order valence-corrected chi connectivity index (χ3v) is 4.52. The van der Waals surface area contributed by atoms with Gasteiger partial charge in [-0.25, -0.2) is 4.98 Å². The van der Waals surface area contributed by atoms with Crippen LogP contribution in [0.1, 0.15) is 23.2 Å². The molecule has 28 heavy (non-hydrogen) atoms. The van der Waals surface area contributed by atoms with Gasteiger partial charge in [-0.05, 0) is 19.1 Å². The second kappa shape index (κ2) is 9.40. The predicted molar refractivity (Wildman–Crippen MR) is 95.6 cm³/mol. The van der Waals surface area contributed by atoms with Crippen LogP contribution in [0.3, 0.4) is 0 Å². The Morgan fingerprint density at radius 2 is 1.93 bits per heavy atom. The van der Waals surface area contributed by atoms with E-state index in [1.807, 2.05) is 12.1 Å². The second-order valence-electron chi connectivity index (χ2n) is 5.52. The van der Waals surface area contributed by atoms with Crippen molar-refractivity contribution in [2.45, 2.75) is 24.5 Å². The second-order valence-corrected chi connectivity index (χ2v) is 6.60. The van der Waals surface area contributed by atoms with Gasteiger partial charge in [0.1, 0.15) is 29.5 Å². The number of nitrogens with zero attached hydrogens (tertiary/aromatic N) is 4. The highest BCUT2D eigenvalue weighted by atomic mass is 32.2. The van der Waals surface area contributed by atoms with Crippen LogP contribution >= 0.6 is 11.8 Å². The van der Waals surface area contributed by atoms with E-state index in [0.717, 1.165) is 11.8 Å². The highest BCUT2D eigenvalue weighted by molar-refractivity contribution is 7.99. The summed E-state index contributed by atoms with van der Waals surface area (Å²) in [5, 5.41) is 28.0. The van der Waals surface area contributed by atoms with Gasteiger partial charge in [-0.1, -0.05) is 0 Å². The van der Waals surface area contributed by atoms with Gasteiger partial charge in [0, 0.05) is 11.3 Å². The lowest BCUT2D eigenvalue weighted by molar-refractivity contribution is -0.129. The van der Waals surface area contributed by atoms with Crippen LogP contribution in [0.2, 0.25) is 0 Å². The standard InChI is InChI=1S/C18H15F3N4O2S/c1-11-13(8-22)16(15-3-2-12(10-24-15)27-6-5-26)14(9-23)17(25-11)28-7-4-18(19,20)21/h2-3,10,26H,4-7H2,1H3. The molecule has 0 aromatic carbocycles. The summed E-state index contributed by atoms with van der Waals surface area (Å²) in [7, 11) is 0. The number of pyridine rings is 2. The van der Waals surface area contributed by atoms with Crippen molar-refractivity contribution in [3.63, 3.8) is 0 Å². The van der Waals surface area contributed by atoms with Crippen LogP contribution < -0.4 is 4.74 Å². The van der Waals surface area contributed by atoms with Crippen molar-refractivity contribution in [1.82, 2.24) is 9.97 Å². The first-order chi connectivity index (χ1) is 13.3. The molecule has 0 aliphatic rings. The quantitative estimate of drug-likeness (QED) is 0.698. The number of nitriles is 2. The van der Waals surface area contributed by atoms with Crippen LogP contribution in [-0.4, -0.2) is 40.2 Å². The first-order valence-corrected chi connectivity index (χ1v) is 9.03. The minimum atomic E-state index is -4.31. The molecule has 0 bridgehead atoms. The number of hydrogen-bond donors (Lipinski definition) is 1. The topological polar surface area (TPSA) is 103 Å². The van der Waals surface area contributed by atoms with Gasteiger partial charge in [0.15, 0.2) is 0 Å². The number of thioether (sulfide) groups is 1. The van der Waals surface area contributed by atoms with Crippen LogP contribution in [0.25, 0.3) is 11.3 Å². The molecular weight excluding hydrogens is 393 g/mol. The smallest absolute Gasteiger partial charge is 0.389 e. The molecule has 0 radical (unpaired) electrons. The number of rotatable bonds is 7. The van der Waals surface area contributed by atoms with Gasteiger partial charge in [-0.2, -0.15) is 23.7 Å². The van der Waals surface area contributed by atoms with E-state index >= 15 is 0 Å². The third-order valence-electron chi connectivity index (χ3n) is 3.55. The number of hydrogen-bond acceptors (Lipinski definition) is 7. The van der Waals surface area contributed by atoms with E-state index in [4.69, 9.17) is 9.84 Å². The number of aliphatic hydroxyl groups is 1. The van der Waals surface area contributed by atoms with Gasteiger partial charge in [0.2, 0.25) is 0 Å². The summed E-state index contributed by atoms with van der Waals surface area (Å²) in [6, 6.07) is 7.02. The van der Waals surface area contributed by atoms with Gasteiger partial charge in [0.05, 0.1) is 41.7 Å². The van der Waals surface area contributed by atoms with Crippen LogP contribution in [0.15, 0.2) is 23.4 Å². The van der Waals surface area contributed by atoms with E-state index in [9.17, 15) is 23.7 Å². The first kappa shape index (κ1) is 21.5. The molecule has 2 aromatic rings. The van der Waals surface area contributed by atoms with Crippen molar-refractivity contribution >= 4 is 11.8 Å². The molecule has 0 saturated heterocycles. The van der Waals surface area contributed by atoms with Gasteiger partial charge in [-0.15, -0.1) is 11.8 Å². The zero-order chi connectivity index (χ0) is 20.7. The fraction of sp³-hybridized carbons (Fsp3) is 0.333. The SMILES string of the molecule is Cc1nc(SCCC(F)(F)F)c(C#N)c(-c2ccc(OCCO)cn2)c1C#N. The molecule has 6 nitrogen and oxygen atoms in total. The summed E-state index contributed by atoms with van der Waals surface area (Å²) in [5.41, 5.74) is 0.959. The van der Waals surface area contributed by atoms with Crippen molar-refractivity contribution in [3.05, 3.63) is 35.2 Å². The maximum Gasteiger partial charge on any atom is 0.389 e. The molecule has 2 rings (SSSR count). The number of halogens is 3. The minimum absolute atomic E-state index is 0.00542. The van der Waals surface area contributed by atoms with Crippen molar-refractivity contribution in [3.8, 4) is 29.1 Å². The summed E-state index contributed by atoms with van der Waals surface area (Å²) in [5.74, 6) is 0.0949.